The van der Waals surface area contributed by atoms with Gasteiger partial charge in [-0.15, -0.1) is 0 Å². The third kappa shape index (κ3) is 4.36. The van der Waals surface area contributed by atoms with Crippen molar-refractivity contribution in [2.75, 3.05) is 31.2 Å². The Balaban J connectivity index is 1.28. The molecule has 0 aromatic carbocycles. The minimum absolute atomic E-state index is 0.0694. The number of nitrogens with one attached hydrogen (secondary N) is 2. The van der Waals surface area contributed by atoms with E-state index in [-0.39, 0.29) is 12.1 Å². The SMILES string of the molecule is Cc1nc2n(n1)CC(NC(=O)NCc1ccnc(N3CCOCC3)c1)CC2. The number of anilines is 1. The van der Waals surface area contributed by atoms with Crippen molar-refractivity contribution in [3.8, 4) is 0 Å². The second-order valence-electron chi connectivity index (χ2n) is 6.94. The van der Waals surface area contributed by atoms with Gasteiger partial charge in [-0.05, 0) is 31.0 Å². The molecule has 2 aromatic heterocycles. The van der Waals surface area contributed by atoms with Crippen LogP contribution >= 0.6 is 0 Å². The molecule has 2 aliphatic rings. The van der Waals surface area contributed by atoms with Gasteiger partial charge in [-0.25, -0.2) is 19.4 Å². The number of pyridine rings is 1. The molecular formula is C18H25N7O2. The van der Waals surface area contributed by atoms with Crippen LogP contribution < -0.4 is 15.5 Å². The van der Waals surface area contributed by atoms with E-state index in [1.807, 2.05) is 23.7 Å². The summed E-state index contributed by atoms with van der Waals surface area (Å²) in [6.45, 7) is 6.15. The Morgan fingerprint density at radius 1 is 1.37 bits per heavy atom. The number of carbonyl (C=O) groups excluding carboxylic acids is 1. The highest BCUT2D eigenvalue weighted by Gasteiger charge is 2.22. The summed E-state index contributed by atoms with van der Waals surface area (Å²) >= 11 is 0. The van der Waals surface area contributed by atoms with E-state index < -0.39 is 0 Å². The summed E-state index contributed by atoms with van der Waals surface area (Å²) in [5.41, 5.74) is 1.03. The highest BCUT2D eigenvalue weighted by Crippen LogP contribution is 2.15. The molecule has 2 N–H and O–H groups in total. The lowest BCUT2D eigenvalue weighted by molar-refractivity contribution is 0.122. The Morgan fingerprint density at radius 2 is 2.22 bits per heavy atom. The molecule has 4 rings (SSSR count). The van der Waals surface area contributed by atoms with Gasteiger partial charge in [0.25, 0.3) is 0 Å². The second kappa shape index (κ2) is 7.91. The van der Waals surface area contributed by atoms with Gasteiger partial charge in [0.1, 0.15) is 17.5 Å². The first-order valence-electron chi connectivity index (χ1n) is 9.40. The van der Waals surface area contributed by atoms with E-state index in [4.69, 9.17) is 4.74 Å². The highest BCUT2D eigenvalue weighted by molar-refractivity contribution is 5.74. The third-order valence-corrected chi connectivity index (χ3v) is 4.90. The van der Waals surface area contributed by atoms with Crippen LogP contribution in [0.2, 0.25) is 0 Å². The summed E-state index contributed by atoms with van der Waals surface area (Å²) in [6.07, 6.45) is 3.50. The van der Waals surface area contributed by atoms with E-state index in [1.54, 1.807) is 6.20 Å². The number of amides is 2. The quantitative estimate of drug-likeness (QED) is 0.818. The monoisotopic (exact) mass is 371 g/mol. The summed E-state index contributed by atoms with van der Waals surface area (Å²) in [7, 11) is 0. The molecule has 0 spiro atoms. The number of carbonyl (C=O) groups is 1. The normalized spacial score (nSPS) is 19.4. The molecular weight excluding hydrogens is 346 g/mol. The molecule has 1 saturated heterocycles. The van der Waals surface area contributed by atoms with Gasteiger partial charge in [0.15, 0.2) is 0 Å². The zero-order chi connectivity index (χ0) is 18.6. The van der Waals surface area contributed by atoms with Gasteiger partial charge < -0.3 is 20.3 Å². The fourth-order valence-corrected chi connectivity index (χ4v) is 3.51. The van der Waals surface area contributed by atoms with Gasteiger partial charge in [-0.1, -0.05) is 0 Å². The number of fused-ring (bicyclic) bond motifs is 1. The molecule has 1 fully saturated rings. The molecule has 27 heavy (non-hydrogen) atoms. The lowest BCUT2D eigenvalue weighted by Gasteiger charge is -2.28. The third-order valence-electron chi connectivity index (χ3n) is 4.90. The summed E-state index contributed by atoms with van der Waals surface area (Å²) < 4.78 is 7.27. The van der Waals surface area contributed by atoms with Crippen LogP contribution in [0, 0.1) is 6.92 Å². The molecule has 2 amide bonds. The second-order valence-corrected chi connectivity index (χ2v) is 6.94. The van der Waals surface area contributed by atoms with Crippen molar-refractivity contribution >= 4 is 11.8 Å². The number of rotatable bonds is 4. The number of aryl methyl sites for hydroxylation is 2. The molecule has 2 aliphatic heterocycles. The van der Waals surface area contributed by atoms with Crippen molar-refractivity contribution in [3.05, 3.63) is 35.5 Å². The average molecular weight is 371 g/mol. The first kappa shape index (κ1) is 17.7. The number of aromatic nitrogens is 4. The highest BCUT2D eigenvalue weighted by atomic mass is 16.5. The predicted octanol–water partition coefficient (Wildman–Crippen LogP) is 0.632. The van der Waals surface area contributed by atoms with Crippen molar-refractivity contribution < 1.29 is 9.53 Å². The fourth-order valence-electron chi connectivity index (χ4n) is 3.51. The summed E-state index contributed by atoms with van der Waals surface area (Å²) in [5, 5.41) is 10.3. The summed E-state index contributed by atoms with van der Waals surface area (Å²) in [4.78, 5) is 23.3. The van der Waals surface area contributed by atoms with Crippen LogP contribution in [-0.4, -0.2) is 58.1 Å². The molecule has 0 aliphatic carbocycles. The number of hydrogen-bond acceptors (Lipinski definition) is 6. The van der Waals surface area contributed by atoms with Crippen LogP contribution in [0.3, 0.4) is 0 Å². The summed E-state index contributed by atoms with van der Waals surface area (Å²) in [6, 6.07) is 3.86. The maximum atomic E-state index is 12.3. The van der Waals surface area contributed by atoms with Crippen LogP contribution in [0.4, 0.5) is 10.6 Å². The molecule has 0 bridgehead atoms. The zero-order valence-electron chi connectivity index (χ0n) is 15.5. The van der Waals surface area contributed by atoms with Gasteiger partial charge in [0, 0.05) is 32.3 Å². The molecule has 144 valence electrons. The van der Waals surface area contributed by atoms with E-state index in [1.165, 1.54) is 0 Å². The topological polar surface area (TPSA) is 97.2 Å². The minimum Gasteiger partial charge on any atom is -0.378 e. The number of ether oxygens (including phenoxy) is 1. The smallest absolute Gasteiger partial charge is 0.315 e. The number of nitrogens with zero attached hydrogens (tertiary/aromatic N) is 5. The largest absolute Gasteiger partial charge is 0.378 e. The van der Waals surface area contributed by atoms with Gasteiger partial charge in [-0.2, -0.15) is 5.10 Å². The van der Waals surface area contributed by atoms with E-state index in [2.05, 4.69) is 30.6 Å². The van der Waals surface area contributed by atoms with E-state index in [0.717, 1.165) is 62.2 Å². The van der Waals surface area contributed by atoms with E-state index >= 15 is 0 Å². The van der Waals surface area contributed by atoms with Gasteiger partial charge >= 0.3 is 6.03 Å². The van der Waals surface area contributed by atoms with Crippen LogP contribution in [-0.2, 0) is 24.2 Å². The Hall–Kier alpha value is -2.68. The molecule has 9 heteroatoms. The summed E-state index contributed by atoms with van der Waals surface area (Å²) in [5.74, 6) is 2.71. The Bertz CT molecular complexity index is 801. The average Bonchev–Trinajstić information content (AvgIpc) is 3.07. The van der Waals surface area contributed by atoms with Crippen molar-refractivity contribution in [2.24, 2.45) is 0 Å². The molecule has 0 saturated carbocycles. The first-order chi connectivity index (χ1) is 13.2. The van der Waals surface area contributed by atoms with Crippen LogP contribution in [0.5, 0.6) is 0 Å². The minimum atomic E-state index is -0.162. The lowest BCUT2D eigenvalue weighted by atomic mass is 10.1. The van der Waals surface area contributed by atoms with Crippen LogP contribution in [0.15, 0.2) is 18.3 Å². The zero-order valence-corrected chi connectivity index (χ0v) is 15.5. The molecule has 4 heterocycles. The maximum Gasteiger partial charge on any atom is 0.315 e. The van der Waals surface area contributed by atoms with Gasteiger partial charge in [-0.3, -0.25) is 0 Å². The van der Waals surface area contributed by atoms with Crippen LogP contribution in [0.25, 0.3) is 0 Å². The maximum absolute atomic E-state index is 12.3. The number of urea groups is 1. The predicted molar refractivity (Wildman–Crippen MR) is 99.5 cm³/mol. The van der Waals surface area contributed by atoms with Crippen LogP contribution in [0.1, 0.15) is 23.6 Å². The molecule has 0 radical (unpaired) electrons. The first-order valence-corrected chi connectivity index (χ1v) is 9.40. The van der Waals surface area contributed by atoms with Gasteiger partial charge in [0.05, 0.1) is 25.8 Å². The van der Waals surface area contributed by atoms with E-state index in [0.29, 0.717) is 13.1 Å². The molecule has 1 unspecified atom stereocenters. The standard InChI is InChI=1S/C18H25N7O2/c1-13-21-16-3-2-15(12-25(16)23-13)22-18(26)20-11-14-4-5-19-17(10-14)24-6-8-27-9-7-24/h4-5,10,15H,2-3,6-9,11-12H2,1H3,(H2,20,22,26). The molecule has 9 nitrogen and oxygen atoms in total. The van der Waals surface area contributed by atoms with Crippen molar-refractivity contribution in [1.29, 1.82) is 0 Å². The fraction of sp³-hybridized carbons (Fsp3) is 0.556. The van der Waals surface area contributed by atoms with Crippen molar-refractivity contribution in [1.82, 2.24) is 30.4 Å². The van der Waals surface area contributed by atoms with E-state index in [9.17, 15) is 4.79 Å². The Kier molecular flexibility index (Phi) is 5.19. The molecule has 1 atom stereocenters. The molecule has 2 aromatic rings. The lowest BCUT2D eigenvalue weighted by Crippen LogP contribution is -2.45. The van der Waals surface area contributed by atoms with Crippen molar-refractivity contribution in [2.45, 2.75) is 38.9 Å². The number of morpholine rings is 1. The number of hydrogen-bond donors (Lipinski definition) is 2. The Labute approximate surface area is 158 Å². The van der Waals surface area contributed by atoms with Crippen molar-refractivity contribution in [3.63, 3.8) is 0 Å². The Morgan fingerprint density at radius 3 is 3.07 bits per heavy atom. The van der Waals surface area contributed by atoms with Gasteiger partial charge in [0.2, 0.25) is 0 Å².